The molecule has 0 aliphatic heterocycles. The molecule has 0 saturated carbocycles. The number of nitrogens with one attached hydrogen (secondary N) is 1. The Balaban J connectivity index is 2.86. The second kappa shape index (κ2) is 6.02. The average Bonchev–Trinajstić information content (AvgIpc) is 2.24. The van der Waals surface area contributed by atoms with Crippen LogP contribution in [0, 0.1) is 6.92 Å². The standard InChI is InChI=1S/C14H21F2NS/c1-9-11(7-6-8-12(9)13(15)16)10(2)17-18-14(3,4)5/h6-8,10,13,17H,1-5H3. The normalized spacial score (nSPS) is 14.0. The second-order valence-corrected chi connectivity index (χ2v) is 7.08. The van der Waals surface area contributed by atoms with Crippen LogP contribution in [0.5, 0.6) is 0 Å². The van der Waals surface area contributed by atoms with Crippen molar-refractivity contribution in [3.8, 4) is 0 Å². The van der Waals surface area contributed by atoms with Crippen molar-refractivity contribution in [1.82, 2.24) is 4.72 Å². The Kier molecular flexibility index (Phi) is 5.17. The molecule has 0 aromatic heterocycles. The molecule has 1 rings (SSSR count). The van der Waals surface area contributed by atoms with E-state index >= 15 is 0 Å². The Labute approximate surface area is 112 Å². The number of halogens is 2. The Morgan fingerprint density at radius 2 is 1.72 bits per heavy atom. The number of benzene rings is 1. The van der Waals surface area contributed by atoms with Gasteiger partial charge in [-0.25, -0.2) is 8.78 Å². The predicted octanol–water partition coefficient (Wildman–Crippen LogP) is 5.03. The van der Waals surface area contributed by atoms with Crippen molar-refractivity contribution in [3.05, 3.63) is 34.9 Å². The van der Waals surface area contributed by atoms with Gasteiger partial charge < -0.3 is 0 Å². The Bertz CT molecular complexity index is 399. The van der Waals surface area contributed by atoms with Gasteiger partial charge in [0.15, 0.2) is 0 Å². The molecule has 1 nitrogen and oxygen atoms in total. The van der Waals surface area contributed by atoms with Gasteiger partial charge in [0, 0.05) is 16.4 Å². The fraction of sp³-hybridized carbons (Fsp3) is 0.571. The van der Waals surface area contributed by atoms with Crippen LogP contribution < -0.4 is 4.72 Å². The summed E-state index contributed by atoms with van der Waals surface area (Å²) in [5.74, 6) is 0. The molecule has 1 unspecified atom stereocenters. The number of rotatable bonds is 4. The van der Waals surface area contributed by atoms with Crippen LogP contribution >= 0.6 is 11.9 Å². The summed E-state index contributed by atoms with van der Waals surface area (Å²) in [4.78, 5) is 0. The number of alkyl halides is 2. The summed E-state index contributed by atoms with van der Waals surface area (Å²) in [6.07, 6.45) is -2.41. The van der Waals surface area contributed by atoms with Gasteiger partial charge >= 0.3 is 0 Å². The molecule has 18 heavy (non-hydrogen) atoms. The van der Waals surface area contributed by atoms with Crippen LogP contribution in [0.4, 0.5) is 8.78 Å². The minimum absolute atomic E-state index is 0.0490. The molecule has 0 aliphatic rings. The van der Waals surface area contributed by atoms with Crippen molar-refractivity contribution in [1.29, 1.82) is 0 Å². The lowest BCUT2D eigenvalue weighted by Crippen LogP contribution is -2.20. The van der Waals surface area contributed by atoms with Crippen molar-refractivity contribution in [2.24, 2.45) is 0 Å². The molecule has 0 bridgehead atoms. The van der Waals surface area contributed by atoms with Crippen molar-refractivity contribution < 1.29 is 8.78 Å². The van der Waals surface area contributed by atoms with Crippen molar-refractivity contribution in [3.63, 3.8) is 0 Å². The highest BCUT2D eigenvalue weighted by Crippen LogP contribution is 2.30. The third kappa shape index (κ3) is 4.25. The molecule has 0 radical (unpaired) electrons. The molecular formula is C14H21F2NS. The van der Waals surface area contributed by atoms with Crippen LogP contribution in [0.3, 0.4) is 0 Å². The monoisotopic (exact) mass is 273 g/mol. The van der Waals surface area contributed by atoms with Crippen LogP contribution in [-0.2, 0) is 0 Å². The third-order valence-corrected chi connectivity index (χ3v) is 3.74. The second-order valence-electron chi connectivity index (χ2n) is 5.42. The molecule has 1 aromatic carbocycles. The predicted molar refractivity (Wildman–Crippen MR) is 75.0 cm³/mol. The highest BCUT2D eigenvalue weighted by molar-refractivity contribution is 7.98. The first-order valence-corrected chi connectivity index (χ1v) is 6.85. The number of hydrogen-bond acceptors (Lipinski definition) is 2. The molecule has 1 aromatic rings. The number of hydrogen-bond donors (Lipinski definition) is 1. The van der Waals surface area contributed by atoms with E-state index in [1.807, 2.05) is 13.0 Å². The summed E-state index contributed by atoms with van der Waals surface area (Å²) >= 11 is 1.62. The van der Waals surface area contributed by atoms with E-state index in [9.17, 15) is 8.78 Å². The smallest absolute Gasteiger partial charge is 0.256 e. The van der Waals surface area contributed by atoms with E-state index in [1.54, 1.807) is 24.9 Å². The summed E-state index contributed by atoms with van der Waals surface area (Å²) in [6.45, 7) is 10.1. The summed E-state index contributed by atoms with van der Waals surface area (Å²) < 4.78 is 29.1. The van der Waals surface area contributed by atoms with E-state index in [-0.39, 0.29) is 16.4 Å². The Hall–Kier alpha value is -0.610. The Morgan fingerprint density at radius 1 is 1.17 bits per heavy atom. The van der Waals surface area contributed by atoms with Gasteiger partial charge in [-0.05, 0) is 45.7 Å². The van der Waals surface area contributed by atoms with E-state index in [2.05, 4.69) is 25.5 Å². The van der Waals surface area contributed by atoms with E-state index in [0.717, 1.165) is 5.56 Å². The van der Waals surface area contributed by atoms with Crippen molar-refractivity contribution in [2.45, 2.75) is 51.8 Å². The van der Waals surface area contributed by atoms with Gasteiger partial charge in [-0.2, -0.15) is 0 Å². The van der Waals surface area contributed by atoms with Gasteiger partial charge in [-0.1, -0.05) is 30.1 Å². The topological polar surface area (TPSA) is 12.0 Å². The largest absolute Gasteiger partial charge is 0.264 e. The first-order valence-electron chi connectivity index (χ1n) is 6.03. The zero-order valence-corrected chi connectivity index (χ0v) is 12.4. The first-order chi connectivity index (χ1) is 8.22. The molecule has 0 spiro atoms. The SMILES string of the molecule is Cc1c(C(F)F)cccc1C(C)NSC(C)(C)C. The maximum atomic E-state index is 12.8. The molecule has 1 atom stereocenters. The maximum Gasteiger partial charge on any atom is 0.264 e. The molecular weight excluding hydrogens is 252 g/mol. The van der Waals surface area contributed by atoms with Crippen LogP contribution in [0.25, 0.3) is 0 Å². The van der Waals surface area contributed by atoms with Crippen LogP contribution in [-0.4, -0.2) is 4.75 Å². The Morgan fingerprint density at radius 3 is 2.22 bits per heavy atom. The lowest BCUT2D eigenvalue weighted by Gasteiger charge is -2.23. The molecule has 1 N–H and O–H groups in total. The van der Waals surface area contributed by atoms with Gasteiger partial charge in [-0.3, -0.25) is 4.72 Å². The quantitative estimate of drug-likeness (QED) is 0.772. The zero-order valence-electron chi connectivity index (χ0n) is 11.6. The van der Waals surface area contributed by atoms with E-state index in [1.165, 1.54) is 6.07 Å². The van der Waals surface area contributed by atoms with E-state index in [4.69, 9.17) is 0 Å². The van der Waals surface area contributed by atoms with Gasteiger partial charge in [0.05, 0.1) is 0 Å². The fourth-order valence-corrected chi connectivity index (χ4v) is 2.36. The summed E-state index contributed by atoms with van der Waals surface area (Å²) in [5.41, 5.74) is 1.74. The lowest BCUT2D eigenvalue weighted by molar-refractivity contribution is 0.150. The highest BCUT2D eigenvalue weighted by atomic mass is 32.2. The van der Waals surface area contributed by atoms with Gasteiger partial charge in [0.2, 0.25) is 0 Å². The first kappa shape index (κ1) is 15.4. The summed E-state index contributed by atoms with van der Waals surface area (Å²) in [6, 6.07) is 5.15. The van der Waals surface area contributed by atoms with E-state index < -0.39 is 6.43 Å². The minimum atomic E-state index is -2.41. The van der Waals surface area contributed by atoms with Gasteiger partial charge in [-0.15, -0.1) is 0 Å². The molecule has 0 fully saturated rings. The highest BCUT2D eigenvalue weighted by Gasteiger charge is 2.18. The molecule has 4 heteroatoms. The summed E-state index contributed by atoms with van der Waals surface area (Å²) in [7, 11) is 0. The van der Waals surface area contributed by atoms with E-state index in [0.29, 0.717) is 5.56 Å². The molecule has 0 saturated heterocycles. The third-order valence-electron chi connectivity index (χ3n) is 2.66. The van der Waals surface area contributed by atoms with Gasteiger partial charge in [0.1, 0.15) is 0 Å². The van der Waals surface area contributed by atoms with Crippen LogP contribution in [0.15, 0.2) is 18.2 Å². The van der Waals surface area contributed by atoms with Crippen molar-refractivity contribution in [2.75, 3.05) is 0 Å². The zero-order chi connectivity index (χ0) is 13.9. The molecule has 0 aliphatic carbocycles. The molecule has 102 valence electrons. The summed E-state index contributed by atoms with van der Waals surface area (Å²) in [5, 5.41) is 0. The minimum Gasteiger partial charge on any atom is -0.256 e. The van der Waals surface area contributed by atoms with Crippen LogP contribution in [0.2, 0.25) is 0 Å². The van der Waals surface area contributed by atoms with Gasteiger partial charge in [0.25, 0.3) is 6.43 Å². The molecule has 0 heterocycles. The molecule has 0 amide bonds. The maximum absolute atomic E-state index is 12.8. The lowest BCUT2D eigenvalue weighted by atomic mass is 9.98. The van der Waals surface area contributed by atoms with Crippen molar-refractivity contribution >= 4 is 11.9 Å². The average molecular weight is 273 g/mol. The van der Waals surface area contributed by atoms with Crippen LogP contribution in [0.1, 0.15) is 56.9 Å². The fourth-order valence-electron chi connectivity index (χ4n) is 1.71.